The van der Waals surface area contributed by atoms with Crippen molar-refractivity contribution in [3.05, 3.63) is 125 Å². The summed E-state index contributed by atoms with van der Waals surface area (Å²) in [6, 6.07) is 30.6. The zero-order chi connectivity index (χ0) is 38.7. The summed E-state index contributed by atoms with van der Waals surface area (Å²) in [4.78, 5) is 15.1. The van der Waals surface area contributed by atoms with Crippen LogP contribution in [0.5, 0.6) is 11.5 Å². The highest BCUT2D eigenvalue weighted by atomic mass is 19.4. The van der Waals surface area contributed by atoms with Gasteiger partial charge in [0, 0.05) is 17.8 Å². The molecule has 4 aliphatic rings. The molecule has 3 fully saturated rings. The first-order chi connectivity index (χ1) is 27.1. The molecule has 0 unspecified atom stereocenters. The van der Waals surface area contributed by atoms with Crippen LogP contribution in [0.3, 0.4) is 0 Å². The van der Waals surface area contributed by atoms with Gasteiger partial charge in [-0.2, -0.15) is 13.2 Å². The number of carbonyl (C=O) groups is 1. The molecule has 1 saturated heterocycles. The van der Waals surface area contributed by atoms with Crippen LogP contribution in [-0.4, -0.2) is 42.6 Å². The van der Waals surface area contributed by atoms with Crippen LogP contribution in [-0.2, 0) is 35.3 Å². The highest BCUT2D eigenvalue weighted by Crippen LogP contribution is 2.62. The lowest BCUT2D eigenvalue weighted by Gasteiger charge is -2.53. The minimum absolute atomic E-state index is 0.00260. The number of fused-ring (bicyclic) bond motifs is 5. The largest absolute Gasteiger partial charge is 0.490 e. The van der Waals surface area contributed by atoms with Gasteiger partial charge < -0.3 is 24.4 Å². The predicted molar refractivity (Wildman–Crippen MR) is 212 cm³/mol. The smallest absolute Gasteiger partial charge is 0.418 e. The fourth-order valence-electron chi connectivity index (χ4n) is 10.3. The molecule has 0 bridgehead atoms. The number of rotatable bonds is 13. The Morgan fingerprint density at radius 2 is 1.57 bits per heavy atom. The number of nitrogens with zero attached hydrogens (tertiary/aromatic N) is 1. The minimum atomic E-state index is -4.68. The number of hydrogen-bond donors (Lipinski definition) is 1. The monoisotopic (exact) mass is 766 g/mol. The van der Waals surface area contributed by atoms with Gasteiger partial charge in [0.15, 0.2) is 0 Å². The lowest BCUT2D eigenvalue weighted by Crippen LogP contribution is -2.52. The Morgan fingerprint density at radius 1 is 0.857 bits per heavy atom. The summed E-state index contributed by atoms with van der Waals surface area (Å²) in [5, 5.41) is 2.57. The third-order valence-electron chi connectivity index (χ3n) is 13.0. The molecular weight excluding hydrogens is 714 g/mol. The summed E-state index contributed by atoms with van der Waals surface area (Å²) >= 11 is 0. The summed E-state index contributed by atoms with van der Waals surface area (Å²) in [5.74, 6) is 1.23. The van der Waals surface area contributed by atoms with Gasteiger partial charge in [0.1, 0.15) is 24.2 Å². The second-order valence-electron chi connectivity index (χ2n) is 16.6. The number of hydrogen-bond acceptors (Lipinski definition) is 5. The Bertz CT molecular complexity index is 1950. The second-order valence-corrected chi connectivity index (χ2v) is 16.6. The van der Waals surface area contributed by atoms with Crippen molar-refractivity contribution in [1.82, 2.24) is 4.90 Å². The Hall–Kier alpha value is -4.34. The molecule has 0 spiro atoms. The first-order valence-electron chi connectivity index (χ1n) is 20.5. The Kier molecular flexibility index (Phi) is 11.4. The van der Waals surface area contributed by atoms with E-state index in [0.717, 1.165) is 81.1 Å². The maximum Gasteiger partial charge on any atom is 0.418 e. The number of benzene rings is 4. The summed E-state index contributed by atoms with van der Waals surface area (Å²) in [6.45, 7) is 6.11. The summed E-state index contributed by atoms with van der Waals surface area (Å²) < 4.78 is 63.7. The van der Waals surface area contributed by atoms with Crippen molar-refractivity contribution in [3.8, 4) is 11.5 Å². The lowest BCUT2D eigenvalue weighted by molar-refractivity contribution is -0.137. The highest BCUT2D eigenvalue weighted by Gasteiger charge is 2.59. The van der Waals surface area contributed by atoms with E-state index in [1.165, 1.54) is 17.2 Å². The van der Waals surface area contributed by atoms with Crippen molar-refractivity contribution in [3.63, 3.8) is 0 Å². The van der Waals surface area contributed by atoms with Gasteiger partial charge in [-0.3, -0.25) is 4.79 Å². The topological polar surface area (TPSA) is 60.0 Å². The SMILES string of the molecule is C[C@]12C[C@H](Oc3ccc(NC(=O)CCCN4CCCC4)c(C(F)(F)F)c3)[C@@H]3c4ccc(OCc5ccccc5)cc4CC[C@H]3[C@@H]1CC[C@@H]2OCc1ccccc1. The molecule has 8 rings (SSSR count). The predicted octanol–water partition coefficient (Wildman–Crippen LogP) is 10.6. The number of halogens is 3. The third kappa shape index (κ3) is 8.49. The summed E-state index contributed by atoms with van der Waals surface area (Å²) in [7, 11) is 0. The van der Waals surface area contributed by atoms with E-state index in [-0.39, 0.29) is 47.3 Å². The van der Waals surface area contributed by atoms with Gasteiger partial charge in [0.25, 0.3) is 0 Å². The molecule has 296 valence electrons. The molecule has 2 saturated carbocycles. The van der Waals surface area contributed by atoms with Crippen molar-refractivity contribution >= 4 is 11.6 Å². The molecule has 1 aliphatic heterocycles. The standard InChI is InChI=1S/C47H53F3N2O4/c1-46-29-42(56-36-18-22-41(40(28-36)47(48,49)50)51-44(53)15-10-26-52-24-8-9-25-52)45-37-20-17-35(54-30-32-11-4-2-5-12-32)27-34(37)16-19-38(45)39(46)21-23-43(46)55-31-33-13-6-3-7-14-33/h2-7,11-14,17-18,20,22,27-28,38-39,42-43,45H,8-10,15-16,19,21,23-26,29-31H2,1H3,(H,51,53)/t38-,39-,42-,43-,45+,46-/m0/s1. The molecule has 6 atom stereocenters. The van der Waals surface area contributed by atoms with Crippen LogP contribution in [0.2, 0.25) is 0 Å². The fraction of sp³-hybridized carbons (Fsp3) is 0.468. The Morgan fingerprint density at radius 3 is 2.30 bits per heavy atom. The van der Waals surface area contributed by atoms with Gasteiger partial charge in [-0.15, -0.1) is 0 Å². The summed E-state index contributed by atoms with van der Waals surface area (Å²) in [6.07, 6.45) is 2.51. The number of amides is 1. The van der Waals surface area contributed by atoms with Crippen LogP contribution in [0, 0.1) is 17.3 Å². The molecule has 0 radical (unpaired) electrons. The van der Waals surface area contributed by atoms with Crippen LogP contribution < -0.4 is 14.8 Å². The van der Waals surface area contributed by atoms with E-state index in [1.807, 2.05) is 54.6 Å². The van der Waals surface area contributed by atoms with Gasteiger partial charge in [-0.05, 0) is 135 Å². The maximum absolute atomic E-state index is 14.7. The van der Waals surface area contributed by atoms with Gasteiger partial charge in [-0.1, -0.05) is 73.7 Å². The normalized spacial score (nSPS) is 25.9. The van der Waals surface area contributed by atoms with Crippen molar-refractivity contribution in [1.29, 1.82) is 0 Å². The zero-order valence-corrected chi connectivity index (χ0v) is 32.2. The van der Waals surface area contributed by atoms with Crippen molar-refractivity contribution in [2.45, 2.75) is 102 Å². The van der Waals surface area contributed by atoms with E-state index in [0.29, 0.717) is 32.0 Å². The van der Waals surface area contributed by atoms with Gasteiger partial charge >= 0.3 is 6.18 Å². The molecule has 1 heterocycles. The highest BCUT2D eigenvalue weighted by molar-refractivity contribution is 5.91. The molecule has 1 amide bonds. The number of nitrogens with one attached hydrogen (secondary N) is 1. The first kappa shape index (κ1) is 38.5. The van der Waals surface area contributed by atoms with E-state index in [9.17, 15) is 18.0 Å². The number of ether oxygens (including phenoxy) is 3. The van der Waals surface area contributed by atoms with Crippen molar-refractivity contribution in [2.75, 3.05) is 25.0 Å². The number of carbonyl (C=O) groups excluding carboxylic acids is 1. The van der Waals surface area contributed by atoms with E-state index in [4.69, 9.17) is 14.2 Å². The number of aryl methyl sites for hydroxylation is 1. The number of alkyl halides is 3. The van der Waals surface area contributed by atoms with Crippen LogP contribution in [0.1, 0.15) is 92.0 Å². The van der Waals surface area contributed by atoms with E-state index in [1.54, 1.807) is 6.07 Å². The van der Waals surface area contributed by atoms with Gasteiger partial charge in [0.2, 0.25) is 5.91 Å². The average molecular weight is 767 g/mol. The van der Waals surface area contributed by atoms with Crippen LogP contribution in [0.4, 0.5) is 18.9 Å². The number of likely N-dealkylation sites (tertiary alicyclic amines) is 1. The van der Waals surface area contributed by atoms with E-state index in [2.05, 4.69) is 41.4 Å². The molecular formula is C47H53F3N2O4. The van der Waals surface area contributed by atoms with Gasteiger partial charge in [-0.25, -0.2) is 0 Å². The molecule has 56 heavy (non-hydrogen) atoms. The molecule has 6 nitrogen and oxygen atoms in total. The van der Waals surface area contributed by atoms with Crippen molar-refractivity contribution < 1.29 is 32.2 Å². The lowest BCUT2D eigenvalue weighted by atomic mass is 9.54. The van der Waals surface area contributed by atoms with Gasteiger partial charge in [0.05, 0.1) is 24.0 Å². The fourth-order valence-corrected chi connectivity index (χ4v) is 10.3. The Balaban J connectivity index is 1.05. The van der Waals surface area contributed by atoms with Crippen LogP contribution in [0.25, 0.3) is 0 Å². The minimum Gasteiger partial charge on any atom is -0.490 e. The van der Waals surface area contributed by atoms with E-state index < -0.39 is 17.6 Å². The first-order valence-corrected chi connectivity index (χ1v) is 20.5. The molecule has 3 aliphatic carbocycles. The molecule has 4 aromatic carbocycles. The third-order valence-corrected chi connectivity index (χ3v) is 13.0. The van der Waals surface area contributed by atoms with Crippen molar-refractivity contribution in [2.24, 2.45) is 17.3 Å². The van der Waals surface area contributed by atoms with E-state index >= 15 is 0 Å². The molecule has 4 aromatic rings. The molecule has 9 heteroatoms. The zero-order valence-electron chi connectivity index (χ0n) is 32.2. The average Bonchev–Trinajstić information content (AvgIpc) is 3.84. The molecule has 1 N–H and O–H groups in total. The van der Waals surface area contributed by atoms with Crippen LogP contribution in [0.15, 0.2) is 97.1 Å². The summed E-state index contributed by atoms with van der Waals surface area (Å²) in [5.41, 5.74) is 3.28. The second kappa shape index (κ2) is 16.6. The number of anilines is 1. The molecule has 0 aromatic heterocycles. The van der Waals surface area contributed by atoms with Crippen LogP contribution >= 0.6 is 0 Å². The maximum atomic E-state index is 14.7. The Labute approximate surface area is 328 Å². The quantitative estimate of drug-likeness (QED) is 0.147.